The average molecular weight is 451 g/mol. The summed E-state index contributed by atoms with van der Waals surface area (Å²) in [5, 5.41) is 4.96. The van der Waals surface area contributed by atoms with E-state index in [1.165, 1.54) is 96.3 Å². The van der Waals surface area contributed by atoms with Crippen molar-refractivity contribution >= 4 is 14.1 Å². The van der Waals surface area contributed by atoms with Gasteiger partial charge in [0.2, 0.25) is 0 Å². The van der Waals surface area contributed by atoms with Gasteiger partial charge in [0, 0.05) is 0 Å². The molecule has 0 unspecified atom stereocenters. The minimum atomic E-state index is -0.479. The number of hydrogen-bond acceptors (Lipinski definition) is 0. The summed E-state index contributed by atoms with van der Waals surface area (Å²) in [6.45, 7) is 14.3. The Morgan fingerprint density at radius 3 is 0.839 bits per heavy atom. The van der Waals surface area contributed by atoms with Gasteiger partial charge in [-0.05, 0) is 17.8 Å². The van der Waals surface area contributed by atoms with Crippen LogP contribution < -0.4 is 0 Å². The highest BCUT2D eigenvalue weighted by Gasteiger charge is 2.16. The molecule has 0 aliphatic heterocycles. The molecule has 186 valence electrons. The van der Waals surface area contributed by atoms with Crippen LogP contribution in [0.2, 0.25) is 15.8 Å². The van der Waals surface area contributed by atoms with Gasteiger partial charge in [-0.25, -0.2) is 0 Å². The Morgan fingerprint density at radius 1 is 0.355 bits per heavy atom. The first-order chi connectivity index (χ1) is 15.1. The van der Waals surface area contributed by atoms with Crippen molar-refractivity contribution in [2.75, 3.05) is 0 Å². The summed E-state index contributed by atoms with van der Waals surface area (Å²) in [6, 6.07) is 0. The molecule has 0 nitrogen and oxygen atoms in total. The van der Waals surface area contributed by atoms with Gasteiger partial charge in [0.1, 0.15) is 0 Å². The largest absolute Gasteiger partial charge is 0.261 e. The second-order valence-electron chi connectivity index (χ2n) is 10.8. The SMILES string of the molecule is CCC(CC)CCCC[CH2][Al]([CH2]CCCCC(CC)CC)[CH2]CCCCC(CC)CC. The standard InChI is InChI=1S/3C10H21.Al/c3*1-4-7-8-9-10(5-2)6-3;/h3*10H,1,4-9H2,2-3H3;. The smallest absolute Gasteiger partial charge is 0.0939 e. The Morgan fingerprint density at radius 2 is 0.613 bits per heavy atom. The molecule has 31 heavy (non-hydrogen) atoms. The first-order valence-corrected chi connectivity index (χ1v) is 17.6. The maximum atomic E-state index is 2.38. The fraction of sp³-hybridized carbons (Fsp3) is 1.00. The van der Waals surface area contributed by atoms with Gasteiger partial charge in [0.15, 0.2) is 0 Å². The molecule has 0 spiro atoms. The van der Waals surface area contributed by atoms with E-state index in [0.29, 0.717) is 0 Å². The third-order valence-corrected chi connectivity index (χ3v) is 12.3. The fourth-order valence-corrected chi connectivity index (χ4v) is 9.12. The second-order valence-corrected chi connectivity index (χ2v) is 14.3. The molecular formula is C30H63Al. The third-order valence-electron chi connectivity index (χ3n) is 8.64. The lowest BCUT2D eigenvalue weighted by Crippen LogP contribution is -2.12. The second kappa shape index (κ2) is 23.7. The topological polar surface area (TPSA) is 0 Å². The molecule has 1 heteroatoms. The molecule has 0 N–H and O–H groups in total. The first-order valence-electron chi connectivity index (χ1n) is 15.1. The van der Waals surface area contributed by atoms with Crippen LogP contribution >= 0.6 is 0 Å². The zero-order valence-corrected chi connectivity index (χ0v) is 24.3. The van der Waals surface area contributed by atoms with Crippen molar-refractivity contribution < 1.29 is 0 Å². The van der Waals surface area contributed by atoms with E-state index in [9.17, 15) is 0 Å². The van der Waals surface area contributed by atoms with E-state index < -0.39 is 14.1 Å². The van der Waals surface area contributed by atoms with Crippen LogP contribution in [0, 0.1) is 17.8 Å². The molecule has 0 atom stereocenters. The summed E-state index contributed by atoms with van der Waals surface area (Å²) in [6.07, 6.45) is 26.5. The highest BCUT2D eigenvalue weighted by Crippen LogP contribution is 2.23. The van der Waals surface area contributed by atoms with Gasteiger partial charge < -0.3 is 0 Å². The van der Waals surface area contributed by atoms with Gasteiger partial charge in [0.25, 0.3) is 14.1 Å². The van der Waals surface area contributed by atoms with Crippen LogP contribution in [0.15, 0.2) is 0 Å². The number of rotatable bonds is 24. The van der Waals surface area contributed by atoms with Crippen molar-refractivity contribution in [3.8, 4) is 0 Å². The summed E-state index contributed by atoms with van der Waals surface area (Å²) in [5.74, 6) is 2.99. The molecule has 0 rings (SSSR count). The average Bonchev–Trinajstić information content (AvgIpc) is 2.80. The zero-order valence-electron chi connectivity index (χ0n) is 23.2. The molecule has 0 saturated heterocycles. The summed E-state index contributed by atoms with van der Waals surface area (Å²) >= 11 is -0.479. The number of unbranched alkanes of at least 4 members (excludes halogenated alkanes) is 6. The van der Waals surface area contributed by atoms with Crippen LogP contribution in [0.5, 0.6) is 0 Å². The molecule has 0 aromatic heterocycles. The Balaban J connectivity index is 4.13. The minimum Gasteiger partial charge on any atom is -0.0939 e. The van der Waals surface area contributed by atoms with E-state index in [1.54, 1.807) is 35.1 Å². The van der Waals surface area contributed by atoms with Gasteiger partial charge in [-0.3, -0.25) is 0 Å². The fourth-order valence-electron chi connectivity index (χ4n) is 5.65. The van der Waals surface area contributed by atoms with Crippen LogP contribution in [0.3, 0.4) is 0 Å². The van der Waals surface area contributed by atoms with E-state index in [-0.39, 0.29) is 0 Å². The lowest BCUT2D eigenvalue weighted by Gasteiger charge is -2.15. The van der Waals surface area contributed by atoms with Crippen LogP contribution in [0.25, 0.3) is 0 Å². The van der Waals surface area contributed by atoms with Crippen molar-refractivity contribution in [1.82, 2.24) is 0 Å². The summed E-state index contributed by atoms with van der Waals surface area (Å²) in [4.78, 5) is 0. The lowest BCUT2D eigenvalue weighted by atomic mass is 9.96. The molecule has 0 aromatic rings. The lowest BCUT2D eigenvalue weighted by molar-refractivity contribution is 0.430. The molecule has 0 aliphatic carbocycles. The maximum absolute atomic E-state index is 2.38. The van der Waals surface area contributed by atoms with Crippen molar-refractivity contribution in [2.24, 2.45) is 17.8 Å². The van der Waals surface area contributed by atoms with Gasteiger partial charge in [0.05, 0.1) is 0 Å². The predicted molar refractivity (Wildman–Crippen MR) is 148 cm³/mol. The van der Waals surface area contributed by atoms with Crippen LogP contribution in [-0.2, 0) is 0 Å². The molecule has 0 radical (unpaired) electrons. The normalized spacial score (nSPS) is 11.9. The molecular weight excluding hydrogens is 387 g/mol. The summed E-state index contributed by atoms with van der Waals surface area (Å²) in [7, 11) is 0. The summed E-state index contributed by atoms with van der Waals surface area (Å²) in [5.41, 5.74) is 0. The molecule has 0 amide bonds. The predicted octanol–water partition coefficient (Wildman–Crippen LogP) is 11.5. The Kier molecular flexibility index (Phi) is 24.1. The van der Waals surface area contributed by atoms with Crippen LogP contribution in [-0.4, -0.2) is 14.1 Å². The molecule has 0 heterocycles. The Bertz CT molecular complexity index is 275. The minimum absolute atomic E-state index is 0.479. The van der Waals surface area contributed by atoms with Crippen molar-refractivity contribution in [3.05, 3.63) is 0 Å². The Hall–Kier alpha value is 0.532. The molecule has 0 fully saturated rings. The van der Waals surface area contributed by atoms with Gasteiger partial charge in [-0.2, -0.15) is 0 Å². The highest BCUT2D eigenvalue weighted by atomic mass is 27.2. The highest BCUT2D eigenvalue weighted by molar-refractivity contribution is 6.58. The first kappa shape index (κ1) is 31.5. The molecule has 0 saturated carbocycles. The van der Waals surface area contributed by atoms with E-state index in [2.05, 4.69) is 41.5 Å². The number of hydrogen-bond donors (Lipinski definition) is 0. The molecule has 0 aliphatic rings. The van der Waals surface area contributed by atoms with E-state index in [1.807, 2.05) is 0 Å². The van der Waals surface area contributed by atoms with Crippen molar-refractivity contribution in [1.29, 1.82) is 0 Å². The van der Waals surface area contributed by atoms with E-state index >= 15 is 0 Å². The van der Waals surface area contributed by atoms with Gasteiger partial charge >= 0.3 is 0 Å². The molecule has 0 bridgehead atoms. The van der Waals surface area contributed by atoms with Crippen molar-refractivity contribution in [3.63, 3.8) is 0 Å². The van der Waals surface area contributed by atoms with E-state index in [4.69, 9.17) is 0 Å². The summed E-state index contributed by atoms with van der Waals surface area (Å²) < 4.78 is 0. The Labute approximate surface area is 204 Å². The third kappa shape index (κ3) is 18.6. The molecule has 0 aromatic carbocycles. The van der Waals surface area contributed by atoms with Crippen LogP contribution in [0.4, 0.5) is 0 Å². The van der Waals surface area contributed by atoms with E-state index in [0.717, 1.165) is 17.8 Å². The zero-order chi connectivity index (χ0) is 23.2. The van der Waals surface area contributed by atoms with Gasteiger partial charge in [-0.1, -0.05) is 173 Å². The monoisotopic (exact) mass is 450 g/mol. The van der Waals surface area contributed by atoms with Gasteiger partial charge in [-0.15, -0.1) is 0 Å². The maximum Gasteiger partial charge on any atom is 0.261 e. The van der Waals surface area contributed by atoms with Crippen molar-refractivity contribution in [2.45, 2.75) is 173 Å². The quantitative estimate of drug-likeness (QED) is 0.101. The van der Waals surface area contributed by atoms with Crippen LogP contribution in [0.1, 0.15) is 157 Å².